The first-order valence-corrected chi connectivity index (χ1v) is 8.39. The zero-order valence-electron chi connectivity index (χ0n) is 11.5. The van der Waals surface area contributed by atoms with Crippen molar-refractivity contribution in [3.63, 3.8) is 0 Å². The molecule has 6 nitrogen and oxygen atoms in total. The molecule has 1 aromatic rings. The Bertz CT molecular complexity index is 640. The van der Waals surface area contributed by atoms with E-state index in [4.69, 9.17) is 16.7 Å². The van der Waals surface area contributed by atoms with Gasteiger partial charge in [-0.25, -0.2) is 17.9 Å². The highest BCUT2D eigenvalue weighted by molar-refractivity contribution is 7.89. The second-order valence-electron chi connectivity index (χ2n) is 5.15. The van der Waals surface area contributed by atoms with Crippen molar-refractivity contribution in [1.29, 1.82) is 0 Å². The Kier molecular flexibility index (Phi) is 4.88. The fraction of sp³-hybridized carbons (Fsp3) is 0.462. The standard InChI is InChI=1S/C13H17ClN2O4S/c1-16-6-4-10(5-7-16)15-21(19,20)12-8-9(13(17)18)2-3-11(12)14/h2-3,8,10,15H,4-7H2,1H3,(H,17,18). The van der Waals surface area contributed by atoms with E-state index >= 15 is 0 Å². The van der Waals surface area contributed by atoms with E-state index in [1.54, 1.807) is 0 Å². The number of piperidine rings is 1. The number of carboxylic acids is 1. The molecule has 1 aliphatic rings. The number of sulfonamides is 1. The maximum atomic E-state index is 12.4. The van der Waals surface area contributed by atoms with E-state index in [1.807, 2.05) is 7.05 Å². The van der Waals surface area contributed by atoms with Crippen molar-refractivity contribution in [2.75, 3.05) is 20.1 Å². The minimum Gasteiger partial charge on any atom is -0.478 e. The van der Waals surface area contributed by atoms with Crippen LogP contribution in [0.5, 0.6) is 0 Å². The van der Waals surface area contributed by atoms with Gasteiger partial charge < -0.3 is 10.0 Å². The summed E-state index contributed by atoms with van der Waals surface area (Å²) in [6.45, 7) is 1.63. The molecule has 0 bridgehead atoms. The minimum atomic E-state index is -3.83. The number of hydrogen-bond donors (Lipinski definition) is 2. The summed E-state index contributed by atoms with van der Waals surface area (Å²) in [7, 11) is -1.84. The lowest BCUT2D eigenvalue weighted by atomic mass is 10.1. The molecule has 116 valence electrons. The molecular weight excluding hydrogens is 316 g/mol. The zero-order valence-corrected chi connectivity index (χ0v) is 13.1. The number of nitrogens with zero attached hydrogens (tertiary/aromatic N) is 1. The maximum absolute atomic E-state index is 12.4. The molecule has 0 spiro atoms. The Morgan fingerprint density at radius 3 is 2.57 bits per heavy atom. The first kappa shape index (κ1) is 16.2. The van der Waals surface area contributed by atoms with Crippen LogP contribution in [0.1, 0.15) is 23.2 Å². The normalized spacial score (nSPS) is 17.8. The van der Waals surface area contributed by atoms with Crippen LogP contribution in [0.2, 0.25) is 5.02 Å². The fourth-order valence-corrected chi connectivity index (χ4v) is 4.08. The highest BCUT2D eigenvalue weighted by Gasteiger charge is 2.25. The van der Waals surface area contributed by atoms with Crippen LogP contribution in [-0.4, -0.2) is 50.6 Å². The molecule has 1 aromatic carbocycles. The molecule has 2 N–H and O–H groups in total. The third-order valence-corrected chi connectivity index (χ3v) is 5.51. The average molecular weight is 333 g/mol. The van der Waals surface area contributed by atoms with Crippen LogP contribution >= 0.6 is 11.6 Å². The van der Waals surface area contributed by atoms with Gasteiger partial charge in [0.15, 0.2) is 0 Å². The monoisotopic (exact) mass is 332 g/mol. The number of carbonyl (C=O) groups is 1. The fourth-order valence-electron chi connectivity index (χ4n) is 2.25. The predicted octanol–water partition coefficient (Wildman–Crippen LogP) is 1.41. The van der Waals surface area contributed by atoms with Gasteiger partial charge in [-0.05, 0) is 51.2 Å². The topological polar surface area (TPSA) is 86.7 Å². The molecule has 21 heavy (non-hydrogen) atoms. The molecule has 0 unspecified atom stereocenters. The third-order valence-electron chi connectivity index (χ3n) is 3.51. The summed E-state index contributed by atoms with van der Waals surface area (Å²) < 4.78 is 27.4. The minimum absolute atomic E-state index is 0.0143. The van der Waals surface area contributed by atoms with Crippen molar-refractivity contribution >= 4 is 27.6 Å². The van der Waals surface area contributed by atoms with E-state index in [1.165, 1.54) is 12.1 Å². The van der Waals surface area contributed by atoms with Gasteiger partial charge in [0.2, 0.25) is 10.0 Å². The maximum Gasteiger partial charge on any atom is 0.335 e. The zero-order chi connectivity index (χ0) is 15.6. The van der Waals surface area contributed by atoms with Gasteiger partial charge in [-0.3, -0.25) is 0 Å². The SMILES string of the molecule is CN1CCC(NS(=O)(=O)c2cc(C(=O)O)ccc2Cl)CC1. The van der Waals surface area contributed by atoms with Crippen LogP contribution in [-0.2, 0) is 10.0 Å². The van der Waals surface area contributed by atoms with Crippen LogP contribution < -0.4 is 4.72 Å². The first-order chi connectivity index (χ1) is 9.79. The van der Waals surface area contributed by atoms with Crippen LogP contribution in [0.15, 0.2) is 23.1 Å². The van der Waals surface area contributed by atoms with Gasteiger partial charge in [0.1, 0.15) is 4.90 Å². The Morgan fingerprint density at radius 1 is 1.38 bits per heavy atom. The summed E-state index contributed by atoms with van der Waals surface area (Å²) in [6, 6.07) is 3.49. The Morgan fingerprint density at radius 2 is 2.00 bits per heavy atom. The second-order valence-corrected chi connectivity index (χ2v) is 7.24. The lowest BCUT2D eigenvalue weighted by molar-refractivity contribution is 0.0696. The van der Waals surface area contributed by atoms with E-state index in [-0.39, 0.29) is 21.5 Å². The number of benzene rings is 1. The van der Waals surface area contributed by atoms with Gasteiger partial charge in [0, 0.05) is 6.04 Å². The van der Waals surface area contributed by atoms with Gasteiger partial charge in [-0.15, -0.1) is 0 Å². The molecule has 0 aliphatic carbocycles. The number of nitrogens with one attached hydrogen (secondary N) is 1. The molecule has 0 amide bonds. The predicted molar refractivity (Wildman–Crippen MR) is 79.3 cm³/mol. The van der Waals surface area contributed by atoms with Crippen LogP contribution in [0.3, 0.4) is 0 Å². The van der Waals surface area contributed by atoms with E-state index in [0.29, 0.717) is 12.8 Å². The molecule has 0 saturated carbocycles. The summed E-state index contributed by atoms with van der Waals surface area (Å²) in [6.07, 6.45) is 1.43. The van der Waals surface area contributed by atoms with Crippen molar-refractivity contribution < 1.29 is 18.3 Å². The van der Waals surface area contributed by atoms with Crippen LogP contribution in [0.25, 0.3) is 0 Å². The highest BCUT2D eigenvalue weighted by Crippen LogP contribution is 2.24. The van der Waals surface area contributed by atoms with E-state index in [9.17, 15) is 13.2 Å². The lowest BCUT2D eigenvalue weighted by Crippen LogP contribution is -2.43. The number of carboxylic acid groups (broad SMARTS) is 1. The molecule has 0 aromatic heterocycles. The Labute approximate surface area is 128 Å². The van der Waals surface area contributed by atoms with Crippen molar-refractivity contribution in [3.05, 3.63) is 28.8 Å². The number of halogens is 1. The molecule has 1 saturated heterocycles. The van der Waals surface area contributed by atoms with E-state index in [2.05, 4.69) is 9.62 Å². The lowest BCUT2D eigenvalue weighted by Gasteiger charge is -2.29. The van der Waals surface area contributed by atoms with Gasteiger partial charge in [0.25, 0.3) is 0 Å². The molecule has 1 heterocycles. The molecular formula is C13H17ClN2O4S. The van der Waals surface area contributed by atoms with Crippen molar-refractivity contribution in [2.45, 2.75) is 23.8 Å². The van der Waals surface area contributed by atoms with Gasteiger partial charge in [-0.1, -0.05) is 11.6 Å². The van der Waals surface area contributed by atoms with E-state index < -0.39 is 16.0 Å². The summed E-state index contributed by atoms with van der Waals surface area (Å²) in [4.78, 5) is 12.9. The molecule has 1 fully saturated rings. The molecule has 8 heteroatoms. The highest BCUT2D eigenvalue weighted by atomic mass is 35.5. The van der Waals surface area contributed by atoms with Crippen LogP contribution in [0, 0.1) is 0 Å². The number of rotatable bonds is 4. The quantitative estimate of drug-likeness (QED) is 0.870. The van der Waals surface area contributed by atoms with Crippen LogP contribution in [0.4, 0.5) is 0 Å². The van der Waals surface area contributed by atoms with E-state index in [0.717, 1.165) is 19.2 Å². The molecule has 1 aliphatic heterocycles. The van der Waals surface area contributed by atoms with Crippen molar-refractivity contribution in [2.24, 2.45) is 0 Å². The summed E-state index contributed by atoms with van der Waals surface area (Å²) in [5.41, 5.74) is -0.108. The Hall–Kier alpha value is -1.15. The first-order valence-electron chi connectivity index (χ1n) is 6.53. The molecule has 2 rings (SSSR count). The van der Waals surface area contributed by atoms with Gasteiger partial charge >= 0.3 is 5.97 Å². The van der Waals surface area contributed by atoms with Gasteiger partial charge in [-0.2, -0.15) is 0 Å². The average Bonchev–Trinajstić information content (AvgIpc) is 2.41. The summed E-state index contributed by atoms with van der Waals surface area (Å²) >= 11 is 5.91. The number of aromatic carboxylic acids is 1. The van der Waals surface area contributed by atoms with Crippen molar-refractivity contribution in [3.8, 4) is 0 Å². The number of likely N-dealkylation sites (tertiary alicyclic amines) is 1. The molecule has 0 atom stereocenters. The Balaban J connectivity index is 2.23. The third kappa shape index (κ3) is 3.94. The molecule has 0 radical (unpaired) electrons. The summed E-state index contributed by atoms with van der Waals surface area (Å²) in [5, 5.41) is 8.97. The second kappa shape index (κ2) is 6.31. The largest absolute Gasteiger partial charge is 0.478 e. The summed E-state index contributed by atoms with van der Waals surface area (Å²) in [5.74, 6) is -1.19. The smallest absolute Gasteiger partial charge is 0.335 e. The van der Waals surface area contributed by atoms with Gasteiger partial charge in [0.05, 0.1) is 10.6 Å². The van der Waals surface area contributed by atoms with Crippen molar-refractivity contribution in [1.82, 2.24) is 9.62 Å². The number of hydrogen-bond acceptors (Lipinski definition) is 4.